The normalized spacial score (nSPS) is 30.0. The zero-order chi connectivity index (χ0) is 15.0. The van der Waals surface area contributed by atoms with E-state index in [0.29, 0.717) is 17.3 Å². The van der Waals surface area contributed by atoms with Crippen molar-refractivity contribution in [3.63, 3.8) is 0 Å². The molecule has 3 nitrogen and oxygen atoms in total. The predicted molar refractivity (Wildman–Crippen MR) is 81.9 cm³/mol. The van der Waals surface area contributed by atoms with Crippen molar-refractivity contribution in [1.29, 1.82) is 0 Å². The molecule has 1 aromatic carbocycles. The largest absolute Gasteiger partial charge is 0.328 e. The smallest absolute Gasteiger partial charge is 0.233 e. The maximum Gasteiger partial charge on any atom is 0.233 e. The number of hydrogen-bond acceptors (Lipinski definition) is 2. The van der Waals surface area contributed by atoms with Crippen molar-refractivity contribution >= 4 is 23.2 Å². The van der Waals surface area contributed by atoms with Crippen LogP contribution in [0, 0.1) is 11.2 Å². The zero-order valence-electron chi connectivity index (χ0n) is 11.9. The molecule has 0 atom stereocenters. The highest BCUT2D eigenvalue weighted by molar-refractivity contribution is 6.33. The quantitative estimate of drug-likeness (QED) is 0.863. The standard InChI is InChI=1S/C16H20ClFN2O/c17-13-10-11(18)2-3-14(13)20-9-1-6-16(15(20)21)7-4-12(19)5-8-16/h2-3,10,12H,1,4-9,19H2. The summed E-state index contributed by atoms with van der Waals surface area (Å²) >= 11 is 6.12. The lowest BCUT2D eigenvalue weighted by Gasteiger charge is -2.45. The summed E-state index contributed by atoms with van der Waals surface area (Å²) in [5, 5.41) is 0.299. The molecule has 1 spiro atoms. The number of halogens is 2. The number of nitrogens with zero attached hydrogens (tertiary/aromatic N) is 1. The highest BCUT2D eigenvalue weighted by Crippen LogP contribution is 2.45. The SMILES string of the molecule is NC1CCC2(CCCN(c3ccc(F)cc3Cl)C2=O)CC1. The first-order chi connectivity index (χ1) is 10.0. The van der Waals surface area contributed by atoms with Gasteiger partial charge in [0.2, 0.25) is 5.91 Å². The Hall–Kier alpha value is -1.13. The molecule has 5 heteroatoms. The van der Waals surface area contributed by atoms with Crippen LogP contribution in [0.2, 0.25) is 5.02 Å². The molecule has 2 aliphatic rings. The Morgan fingerprint density at radius 2 is 2.00 bits per heavy atom. The Labute approximate surface area is 129 Å². The Bertz CT molecular complexity index is 555. The summed E-state index contributed by atoms with van der Waals surface area (Å²) in [7, 11) is 0. The van der Waals surface area contributed by atoms with Crippen LogP contribution in [0.1, 0.15) is 38.5 Å². The Morgan fingerprint density at radius 1 is 1.29 bits per heavy atom. The Morgan fingerprint density at radius 3 is 2.67 bits per heavy atom. The summed E-state index contributed by atoms with van der Waals surface area (Å²) in [6.45, 7) is 0.651. The number of carbonyl (C=O) groups is 1. The lowest BCUT2D eigenvalue weighted by molar-refractivity contribution is -0.132. The van der Waals surface area contributed by atoms with Crippen LogP contribution >= 0.6 is 11.6 Å². The molecule has 2 fully saturated rings. The molecule has 0 radical (unpaired) electrons. The van der Waals surface area contributed by atoms with E-state index in [4.69, 9.17) is 17.3 Å². The van der Waals surface area contributed by atoms with E-state index in [1.165, 1.54) is 12.1 Å². The van der Waals surface area contributed by atoms with Crippen molar-refractivity contribution in [2.45, 2.75) is 44.6 Å². The molecular formula is C16H20ClFN2O. The molecule has 1 aliphatic heterocycles. The van der Waals surface area contributed by atoms with Crippen molar-refractivity contribution in [3.05, 3.63) is 29.0 Å². The van der Waals surface area contributed by atoms with E-state index in [1.807, 2.05) is 0 Å². The van der Waals surface area contributed by atoms with Gasteiger partial charge in [0.25, 0.3) is 0 Å². The van der Waals surface area contributed by atoms with E-state index in [0.717, 1.165) is 38.5 Å². The van der Waals surface area contributed by atoms with Crippen LogP contribution in [0.3, 0.4) is 0 Å². The number of nitrogens with two attached hydrogens (primary N) is 1. The molecule has 1 aromatic rings. The minimum absolute atomic E-state index is 0.133. The third-order valence-electron chi connectivity index (χ3n) is 4.92. The highest BCUT2D eigenvalue weighted by atomic mass is 35.5. The summed E-state index contributed by atoms with van der Waals surface area (Å²) in [6.07, 6.45) is 5.38. The average molecular weight is 311 g/mol. The molecule has 2 N–H and O–H groups in total. The molecular weight excluding hydrogens is 291 g/mol. The summed E-state index contributed by atoms with van der Waals surface area (Å²) in [4.78, 5) is 14.7. The van der Waals surface area contributed by atoms with Crippen LogP contribution in [-0.4, -0.2) is 18.5 Å². The molecule has 1 aliphatic carbocycles. The van der Waals surface area contributed by atoms with E-state index in [-0.39, 0.29) is 23.2 Å². The van der Waals surface area contributed by atoms with Crippen molar-refractivity contribution in [2.75, 3.05) is 11.4 Å². The first-order valence-electron chi connectivity index (χ1n) is 7.54. The molecule has 1 heterocycles. The van der Waals surface area contributed by atoms with E-state index in [2.05, 4.69) is 0 Å². The fourth-order valence-electron chi connectivity index (χ4n) is 3.66. The number of piperidine rings is 1. The van der Waals surface area contributed by atoms with E-state index >= 15 is 0 Å². The minimum atomic E-state index is -0.383. The van der Waals surface area contributed by atoms with Crippen LogP contribution < -0.4 is 10.6 Å². The van der Waals surface area contributed by atoms with Gasteiger partial charge in [0.1, 0.15) is 5.82 Å². The van der Waals surface area contributed by atoms with Crippen LogP contribution in [-0.2, 0) is 4.79 Å². The molecule has 0 bridgehead atoms. The number of hydrogen-bond donors (Lipinski definition) is 1. The van der Waals surface area contributed by atoms with E-state index in [1.54, 1.807) is 11.0 Å². The van der Waals surface area contributed by atoms with Gasteiger partial charge in [-0.25, -0.2) is 4.39 Å². The average Bonchev–Trinajstić information content (AvgIpc) is 2.46. The molecule has 1 saturated carbocycles. The monoisotopic (exact) mass is 310 g/mol. The third kappa shape index (κ3) is 2.67. The van der Waals surface area contributed by atoms with Gasteiger partial charge < -0.3 is 10.6 Å². The third-order valence-corrected chi connectivity index (χ3v) is 5.23. The predicted octanol–water partition coefficient (Wildman–Crippen LogP) is 3.49. The number of carbonyl (C=O) groups excluding carboxylic acids is 1. The van der Waals surface area contributed by atoms with Gasteiger partial charge in [0.05, 0.1) is 10.7 Å². The van der Waals surface area contributed by atoms with Crippen molar-refractivity contribution in [1.82, 2.24) is 0 Å². The molecule has 114 valence electrons. The van der Waals surface area contributed by atoms with E-state index in [9.17, 15) is 9.18 Å². The van der Waals surface area contributed by atoms with Gasteiger partial charge in [-0.05, 0) is 56.7 Å². The molecule has 1 saturated heterocycles. The second-order valence-corrected chi connectivity index (χ2v) is 6.68. The van der Waals surface area contributed by atoms with E-state index < -0.39 is 0 Å². The van der Waals surface area contributed by atoms with Crippen LogP contribution in [0.25, 0.3) is 0 Å². The summed E-state index contributed by atoms with van der Waals surface area (Å²) in [5.41, 5.74) is 6.31. The number of rotatable bonds is 1. The number of benzene rings is 1. The molecule has 21 heavy (non-hydrogen) atoms. The van der Waals surface area contributed by atoms with Gasteiger partial charge in [-0.1, -0.05) is 11.6 Å². The zero-order valence-corrected chi connectivity index (χ0v) is 12.7. The Balaban J connectivity index is 1.88. The number of amides is 1. The summed E-state index contributed by atoms with van der Waals surface area (Å²) in [5.74, 6) is -0.249. The van der Waals surface area contributed by atoms with Crippen molar-refractivity contribution < 1.29 is 9.18 Å². The van der Waals surface area contributed by atoms with Crippen LogP contribution in [0.5, 0.6) is 0 Å². The van der Waals surface area contributed by atoms with Crippen LogP contribution in [0.15, 0.2) is 18.2 Å². The second-order valence-electron chi connectivity index (χ2n) is 6.27. The van der Waals surface area contributed by atoms with Gasteiger partial charge in [-0.3, -0.25) is 4.79 Å². The first kappa shape index (κ1) is 14.8. The maximum atomic E-state index is 13.2. The summed E-state index contributed by atoms with van der Waals surface area (Å²) < 4.78 is 13.2. The number of anilines is 1. The van der Waals surface area contributed by atoms with Crippen molar-refractivity contribution in [3.8, 4) is 0 Å². The maximum absolute atomic E-state index is 13.2. The van der Waals surface area contributed by atoms with Gasteiger partial charge in [-0.15, -0.1) is 0 Å². The lowest BCUT2D eigenvalue weighted by Crippen LogP contribution is -2.51. The first-order valence-corrected chi connectivity index (χ1v) is 7.92. The van der Waals surface area contributed by atoms with Crippen LogP contribution in [0.4, 0.5) is 10.1 Å². The summed E-state index contributed by atoms with van der Waals surface area (Å²) in [6, 6.07) is 4.44. The highest BCUT2D eigenvalue weighted by Gasteiger charge is 2.46. The Kier molecular flexibility index (Phi) is 3.93. The van der Waals surface area contributed by atoms with Gasteiger partial charge in [-0.2, -0.15) is 0 Å². The minimum Gasteiger partial charge on any atom is -0.328 e. The molecule has 0 unspecified atom stereocenters. The van der Waals surface area contributed by atoms with Gasteiger partial charge in [0.15, 0.2) is 0 Å². The molecule has 0 aromatic heterocycles. The lowest BCUT2D eigenvalue weighted by atomic mass is 9.67. The van der Waals surface area contributed by atoms with Crippen molar-refractivity contribution in [2.24, 2.45) is 11.1 Å². The second kappa shape index (κ2) is 5.58. The molecule has 1 amide bonds. The van der Waals surface area contributed by atoms with Gasteiger partial charge in [0, 0.05) is 18.0 Å². The molecule has 3 rings (SSSR count). The fourth-order valence-corrected chi connectivity index (χ4v) is 3.93. The fraction of sp³-hybridized carbons (Fsp3) is 0.562. The topological polar surface area (TPSA) is 46.3 Å². The van der Waals surface area contributed by atoms with Gasteiger partial charge >= 0.3 is 0 Å².